The van der Waals surface area contributed by atoms with Crippen LogP contribution in [0.25, 0.3) is 0 Å². The van der Waals surface area contributed by atoms with Gasteiger partial charge in [-0.2, -0.15) is 0 Å². The molecule has 2 atom stereocenters. The van der Waals surface area contributed by atoms with Crippen LogP contribution in [0.5, 0.6) is 5.75 Å². The average molecular weight is 450 g/mol. The van der Waals surface area contributed by atoms with Gasteiger partial charge in [0.05, 0.1) is 12.6 Å². The van der Waals surface area contributed by atoms with Crippen molar-refractivity contribution in [1.29, 1.82) is 0 Å². The van der Waals surface area contributed by atoms with Crippen LogP contribution in [0, 0.1) is 5.82 Å². The highest BCUT2D eigenvalue weighted by atomic mass is 35.5. The van der Waals surface area contributed by atoms with Crippen molar-refractivity contribution in [2.45, 2.75) is 18.8 Å². The molecule has 4 nitrogen and oxygen atoms in total. The van der Waals surface area contributed by atoms with Gasteiger partial charge < -0.3 is 14.8 Å². The number of para-hydroxylation sites is 1. The van der Waals surface area contributed by atoms with E-state index in [0.29, 0.717) is 18.2 Å². The third kappa shape index (κ3) is 5.29. The minimum absolute atomic E-state index is 0. The molecule has 1 saturated heterocycles. The summed E-state index contributed by atoms with van der Waals surface area (Å²) < 4.78 is 25.7. The van der Waals surface area contributed by atoms with Gasteiger partial charge in [0, 0.05) is 36.8 Å². The summed E-state index contributed by atoms with van der Waals surface area (Å²) >= 11 is 5.95. The molecule has 0 amide bonds. The predicted octanol–water partition coefficient (Wildman–Crippen LogP) is 4.25. The largest absolute Gasteiger partial charge is 0.490 e. The standard InChI is InChI=1S/C20H22ClFN2O2.2ClH/c21-15-9-14(10-16(22)11-15)12-25-19-13-26-18-4-2-1-3-17(18)20(19)24-7-5-23-6-8-24;;/h1-4,9-11,19-20,23H,5-8,12-13H2;2*1H/t19-,20-;;/m0../s1. The normalized spacial score (nSPS) is 21.6. The minimum atomic E-state index is -0.347. The van der Waals surface area contributed by atoms with E-state index in [9.17, 15) is 4.39 Å². The highest BCUT2D eigenvalue weighted by Gasteiger charge is 2.36. The number of rotatable bonds is 4. The molecule has 0 bridgehead atoms. The molecule has 8 heteroatoms. The van der Waals surface area contributed by atoms with Crippen LogP contribution >= 0.6 is 36.4 Å². The zero-order valence-corrected chi connectivity index (χ0v) is 17.7. The fourth-order valence-electron chi connectivity index (χ4n) is 3.75. The lowest BCUT2D eigenvalue weighted by atomic mass is 9.95. The number of benzene rings is 2. The molecule has 2 aliphatic rings. The van der Waals surface area contributed by atoms with Crippen LogP contribution in [0.15, 0.2) is 42.5 Å². The molecule has 1 fully saturated rings. The summed E-state index contributed by atoms with van der Waals surface area (Å²) in [6.45, 7) is 4.64. The van der Waals surface area contributed by atoms with Crippen molar-refractivity contribution in [2.75, 3.05) is 32.8 Å². The predicted molar refractivity (Wildman–Crippen MR) is 114 cm³/mol. The molecule has 2 aromatic carbocycles. The summed E-state index contributed by atoms with van der Waals surface area (Å²) in [5, 5.41) is 3.77. The van der Waals surface area contributed by atoms with Crippen LogP contribution in [-0.4, -0.2) is 43.8 Å². The number of nitrogens with zero attached hydrogens (tertiary/aromatic N) is 1. The first-order chi connectivity index (χ1) is 12.7. The number of nitrogens with one attached hydrogen (secondary N) is 1. The number of piperazine rings is 1. The molecule has 0 spiro atoms. The molecule has 0 aromatic heterocycles. The third-order valence-corrected chi connectivity index (χ3v) is 5.14. The van der Waals surface area contributed by atoms with Crippen LogP contribution in [0.4, 0.5) is 4.39 Å². The van der Waals surface area contributed by atoms with Crippen LogP contribution in [0.2, 0.25) is 5.02 Å². The van der Waals surface area contributed by atoms with E-state index in [-0.39, 0.29) is 42.8 Å². The number of fused-ring (bicyclic) bond motifs is 1. The molecule has 154 valence electrons. The first kappa shape index (κ1) is 23.2. The number of hydrogen-bond acceptors (Lipinski definition) is 4. The van der Waals surface area contributed by atoms with Gasteiger partial charge in [-0.05, 0) is 29.8 Å². The molecule has 0 aliphatic carbocycles. The van der Waals surface area contributed by atoms with Crippen LogP contribution in [0.1, 0.15) is 17.2 Å². The van der Waals surface area contributed by atoms with E-state index in [4.69, 9.17) is 21.1 Å². The van der Waals surface area contributed by atoms with Crippen molar-refractivity contribution in [3.8, 4) is 5.75 Å². The Morgan fingerprint density at radius 2 is 1.89 bits per heavy atom. The maximum Gasteiger partial charge on any atom is 0.125 e. The summed E-state index contributed by atoms with van der Waals surface area (Å²) in [5.74, 6) is 0.574. The first-order valence-corrected chi connectivity index (χ1v) is 9.31. The van der Waals surface area contributed by atoms with Crippen LogP contribution in [0.3, 0.4) is 0 Å². The highest BCUT2D eigenvalue weighted by Crippen LogP contribution is 2.37. The fourth-order valence-corrected chi connectivity index (χ4v) is 3.99. The van der Waals surface area contributed by atoms with Gasteiger partial charge in [0.25, 0.3) is 0 Å². The number of ether oxygens (including phenoxy) is 2. The molecule has 1 N–H and O–H groups in total. The van der Waals surface area contributed by atoms with E-state index in [1.165, 1.54) is 12.1 Å². The molecular formula is C20H24Cl3FN2O2. The van der Waals surface area contributed by atoms with Gasteiger partial charge in [0.15, 0.2) is 0 Å². The molecule has 0 saturated carbocycles. The lowest BCUT2D eigenvalue weighted by molar-refractivity contribution is -0.0617. The van der Waals surface area contributed by atoms with Crippen molar-refractivity contribution >= 4 is 36.4 Å². The van der Waals surface area contributed by atoms with Gasteiger partial charge in [0.1, 0.15) is 24.3 Å². The Morgan fingerprint density at radius 3 is 2.64 bits per heavy atom. The molecule has 4 rings (SSSR count). The lowest BCUT2D eigenvalue weighted by Gasteiger charge is -2.42. The van der Waals surface area contributed by atoms with Gasteiger partial charge in [-0.3, -0.25) is 4.90 Å². The maximum absolute atomic E-state index is 13.6. The maximum atomic E-state index is 13.6. The Bertz CT molecular complexity index is 755. The quantitative estimate of drug-likeness (QED) is 0.757. The van der Waals surface area contributed by atoms with E-state index < -0.39 is 0 Å². The van der Waals surface area contributed by atoms with Crippen molar-refractivity contribution in [2.24, 2.45) is 0 Å². The summed E-state index contributed by atoms with van der Waals surface area (Å²) in [6.07, 6.45) is -0.120. The molecule has 0 unspecified atom stereocenters. The SMILES string of the molecule is Cl.Cl.Fc1cc(Cl)cc(CO[C@H]2COc3ccccc3[C@@H]2N2CCNCC2)c1. The van der Waals surface area contributed by atoms with Crippen LogP contribution < -0.4 is 10.1 Å². The summed E-state index contributed by atoms with van der Waals surface area (Å²) in [7, 11) is 0. The average Bonchev–Trinajstić information content (AvgIpc) is 2.66. The Kier molecular flexibility index (Phi) is 8.81. The number of hydrogen-bond donors (Lipinski definition) is 1. The molecule has 2 heterocycles. The summed E-state index contributed by atoms with van der Waals surface area (Å²) in [6, 6.07) is 12.8. The van der Waals surface area contributed by atoms with Crippen molar-refractivity contribution in [3.05, 3.63) is 64.4 Å². The molecule has 28 heavy (non-hydrogen) atoms. The second-order valence-corrected chi connectivity index (χ2v) is 7.14. The Labute approximate surface area is 182 Å². The number of halogens is 4. The lowest BCUT2D eigenvalue weighted by Crippen LogP contribution is -2.51. The molecule has 2 aromatic rings. The van der Waals surface area contributed by atoms with E-state index in [1.54, 1.807) is 6.07 Å². The van der Waals surface area contributed by atoms with Crippen molar-refractivity contribution in [1.82, 2.24) is 10.2 Å². The first-order valence-electron chi connectivity index (χ1n) is 8.94. The minimum Gasteiger partial charge on any atom is -0.490 e. The second-order valence-electron chi connectivity index (χ2n) is 6.71. The summed E-state index contributed by atoms with van der Waals surface area (Å²) in [5.41, 5.74) is 1.89. The fraction of sp³-hybridized carbons (Fsp3) is 0.400. The highest BCUT2D eigenvalue weighted by molar-refractivity contribution is 6.30. The molecule has 2 aliphatic heterocycles. The second kappa shape index (κ2) is 10.6. The Hall–Kier alpha value is -1.08. The van der Waals surface area contributed by atoms with Gasteiger partial charge in [-0.15, -0.1) is 24.8 Å². The molecular weight excluding hydrogens is 426 g/mol. The van der Waals surface area contributed by atoms with E-state index in [0.717, 1.165) is 43.1 Å². The Morgan fingerprint density at radius 1 is 1.14 bits per heavy atom. The monoisotopic (exact) mass is 448 g/mol. The van der Waals surface area contributed by atoms with E-state index in [1.807, 2.05) is 18.2 Å². The third-order valence-electron chi connectivity index (χ3n) is 4.92. The van der Waals surface area contributed by atoms with Crippen molar-refractivity contribution in [3.63, 3.8) is 0 Å². The smallest absolute Gasteiger partial charge is 0.125 e. The molecule has 0 radical (unpaired) electrons. The topological polar surface area (TPSA) is 33.7 Å². The van der Waals surface area contributed by atoms with Gasteiger partial charge in [0.2, 0.25) is 0 Å². The van der Waals surface area contributed by atoms with E-state index in [2.05, 4.69) is 16.3 Å². The zero-order chi connectivity index (χ0) is 17.9. The van der Waals surface area contributed by atoms with Gasteiger partial charge in [-0.25, -0.2) is 4.39 Å². The van der Waals surface area contributed by atoms with Crippen molar-refractivity contribution < 1.29 is 13.9 Å². The van der Waals surface area contributed by atoms with Gasteiger partial charge >= 0.3 is 0 Å². The zero-order valence-electron chi connectivity index (χ0n) is 15.3. The Balaban J connectivity index is 0.00000140. The van der Waals surface area contributed by atoms with E-state index >= 15 is 0 Å². The summed E-state index contributed by atoms with van der Waals surface area (Å²) in [4.78, 5) is 2.45. The van der Waals surface area contributed by atoms with Crippen LogP contribution in [-0.2, 0) is 11.3 Å². The van der Waals surface area contributed by atoms with Gasteiger partial charge in [-0.1, -0.05) is 29.8 Å².